The van der Waals surface area contributed by atoms with E-state index in [0.29, 0.717) is 10.7 Å². The van der Waals surface area contributed by atoms with Gasteiger partial charge in [-0.3, -0.25) is 4.79 Å². The van der Waals surface area contributed by atoms with Gasteiger partial charge in [0.25, 0.3) is 5.91 Å². The Labute approximate surface area is 257 Å². The molecule has 5 aromatic carbocycles. The Bertz CT molecular complexity index is 1560. The number of aromatic hydroxyl groups is 1. The highest BCUT2D eigenvalue weighted by Gasteiger charge is 2.38. The molecule has 5 rings (SSSR count). The number of hydrogen-bond donors (Lipinski definition) is 2. The molecule has 0 aliphatic rings. The van der Waals surface area contributed by atoms with Crippen molar-refractivity contribution in [1.29, 1.82) is 0 Å². The normalized spacial score (nSPS) is 11.3. The van der Waals surface area contributed by atoms with Crippen LogP contribution in [-0.4, -0.2) is 16.8 Å². The number of amides is 1. The maximum absolute atomic E-state index is 13.5. The minimum absolute atomic E-state index is 0.0474. The minimum atomic E-state index is -0.644. The first-order chi connectivity index (χ1) is 20.5. The van der Waals surface area contributed by atoms with E-state index in [1.54, 1.807) is 17.8 Å². The van der Waals surface area contributed by atoms with E-state index in [1.807, 2.05) is 49.4 Å². The van der Waals surface area contributed by atoms with Gasteiger partial charge in [-0.15, -0.1) is 11.8 Å². The van der Waals surface area contributed by atoms with Gasteiger partial charge < -0.3 is 10.4 Å². The summed E-state index contributed by atoms with van der Waals surface area (Å²) in [5.41, 5.74) is 5.16. The van der Waals surface area contributed by atoms with E-state index in [-0.39, 0.29) is 11.3 Å². The van der Waals surface area contributed by atoms with Gasteiger partial charge >= 0.3 is 0 Å². The fourth-order valence-electron chi connectivity index (χ4n) is 5.55. The number of nitrogens with one attached hydrogen (secondary N) is 1. The second-order valence-electron chi connectivity index (χ2n) is 10.3. The molecule has 0 saturated carbocycles. The van der Waals surface area contributed by atoms with Gasteiger partial charge in [0.05, 0.1) is 21.7 Å². The molecule has 0 saturated heterocycles. The molecule has 0 aromatic heterocycles. The van der Waals surface area contributed by atoms with Crippen LogP contribution < -0.4 is 5.32 Å². The van der Waals surface area contributed by atoms with Crippen LogP contribution in [0.15, 0.2) is 126 Å². The van der Waals surface area contributed by atoms with Crippen LogP contribution in [0.4, 0.5) is 5.69 Å². The summed E-state index contributed by atoms with van der Waals surface area (Å²) in [5, 5.41) is 14.0. The number of carbonyl (C=O) groups is 1. The lowest BCUT2D eigenvalue weighted by Gasteiger charge is -2.37. The van der Waals surface area contributed by atoms with Crippen LogP contribution in [0.5, 0.6) is 5.75 Å². The number of anilines is 1. The zero-order valence-corrected chi connectivity index (χ0v) is 25.4. The maximum Gasteiger partial charge on any atom is 0.259 e. The van der Waals surface area contributed by atoms with E-state index in [1.165, 1.54) is 0 Å². The first-order valence-electron chi connectivity index (χ1n) is 14.2. The first kappa shape index (κ1) is 29.5. The Balaban J connectivity index is 1.57. The van der Waals surface area contributed by atoms with Crippen LogP contribution in [0, 0.1) is 6.92 Å². The minimum Gasteiger partial charge on any atom is -0.507 e. The molecule has 0 aliphatic carbocycles. The fourth-order valence-corrected chi connectivity index (χ4v) is 6.91. The SMILES string of the molecule is CCCCSc1ccc(O)c(C(=O)Nc2ccc(C(c3ccccc3)(c3ccccc3)c3ccccc3)cc2Cl)c1C. The number of phenols is 1. The molecule has 0 spiro atoms. The first-order valence-corrected chi connectivity index (χ1v) is 15.6. The molecular weight excluding hydrogens is 558 g/mol. The van der Waals surface area contributed by atoms with Crippen molar-refractivity contribution in [2.24, 2.45) is 0 Å². The molecule has 0 unspecified atom stereocenters. The van der Waals surface area contributed by atoms with Gasteiger partial charge in [0, 0.05) is 4.90 Å². The monoisotopic (exact) mass is 591 g/mol. The third-order valence-electron chi connectivity index (χ3n) is 7.65. The summed E-state index contributed by atoms with van der Waals surface area (Å²) in [6.45, 7) is 4.03. The Kier molecular flexibility index (Phi) is 9.36. The largest absolute Gasteiger partial charge is 0.507 e. The lowest BCUT2D eigenvalue weighted by Crippen LogP contribution is -2.31. The van der Waals surface area contributed by atoms with Crippen molar-refractivity contribution in [3.8, 4) is 5.75 Å². The molecule has 0 heterocycles. The number of unbranched alkanes of at least 4 members (excludes halogenated alkanes) is 1. The molecule has 0 radical (unpaired) electrons. The summed E-state index contributed by atoms with van der Waals surface area (Å²) < 4.78 is 0. The number of rotatable bonds is 10. The van der Waals surface area contributed by atoms with Crippen molar-refractivity contribution < 1.29 is 9.90 Å². The van der Waals surface area contributed by atoms with Gasteiger partial charge in [-0.2, -0.15) is 0 Å². The summed E-state index contributed by atoms with van der Waals surface area (Å²) in [7, 11) is 0. The van der Waals surface area contributed by atoms with Gasteiger partial charge in [-0.05, 0) is 71.2 Å². The molecule has 0 aliphatic heterocycles. The van der Waals surface area contributed by atoms with Crippen molar-refractivity contribution in [2.45, 2.75) is 37.0 Å². The number of hydrogen-bond acceptors (Lipinski definition) is 3. The molecule has 0 fully saturated rings. The van der Waals surface area contributed by atoms with Crippen molar-refractivity contribution in [2.75, 3.05) is 11.1 Å². The molecule has 5 heteroatoms. The van der Waals surface area contributed by atoms with Gasteiger partial charge in [0.15, 0.2) is 0 Å². The number of carbonyl (C=O) groups excluding carboxylic acids is 1. The number of thioether (sulfide) groups is 1. The van der Waals surface area contributed by atoms with Gasteiger partial charge in [0.2, 0.25) is 0 Å². The molecule has 0 bridgehead atoms. The van der Waals surface area contributed by atoms with E-state index in [4.69, 9.17) is 11.6 Å². The zero-order chi connectivity index (χ0) is 29.5. The number of benzene rings is 5. The van der Waals surface area contributed by atoms with E-state index < -0.39 is 11.3 Å². The predicted molar refractivity (Wildman–Crippen MR) is 176 cm³/mol. The number of halogens is 1. The Morgan fingerprint density at radius 2 is 1.33 bits per heavy atom. The van der Waals surface area contributed by atoms with Crippen molar-refractivity contribution in [1.82, 2.24) is 0 Å². The highest BCUT2D eigenvalue weighted by atomic mass is 35.5. The lowest BCUT2D eigenvalue weighted by molar-refractivity contribution is 0.102. The van der Waals surface area contributed by atoms with Gasteiger partial charge in [0.1, 0.15) is 5.75 Å². The summed E-state index contributed by atoms with van der Waals surface area (Å²) in [6.07, 6.45) is 2.19. The molecule has 5 aromatic rings. The second-order valence-corrected chi connectivity index (χ2v) is 11.8. The second kappa shape index (κ2) is 13.3. The maximum atomic E-state index is 13.5. The van der Waals surface area contributed by atoms with E-state index >= 15 is 0 Å². The van der Waals surface area contributed by atoms with Crippen LogP contribution in [0.25, 0.3) is 0 Å². The quantitative estimate of drug-likeness (QED) is 0.0965. The Morgan fingerprint density at radius 1 is 0.786 bits per heavy atom. The molecule has 212 valence electrons. The van der Waals surface area contributed by atoms with Crippen LogP contribution in [-0.2, 0) is 5.41 Å². The van der Waals surface area contributed by atoms with E-state index in [9.17, 15) is 9.90 Å². The summed E-state index contributed by atoms with van der Waals surface area (Å²) in [6, 6.07) is 40.5. The average Bonchev–Trinajstić information content (AvgIpc) is 3.02. The standard InChI is InChI=1S/C37H34ClNO2S/c1-3-4-24-42-34-23-22-33(40)35(26(34)2)36(41)39-32-21-20-30(25-31(32)38)37(27-14-8-5-9-15-27,28-16-10-6-11-17-28)29-18-12-7-13-19-29/h5-23,25,40H,3-4,24H2,1-2H3,(H,39,41). The molecule has 3 nitrogen and oxygen atoms in total. The van der Waals surface area contributed by atoms with Crippen molar-refractivity contribution in [3.63, 3.8) is 0 Å². The predicted octanol–water partition coefficient (Wildman–Crippen LogP) is 9.88. The average molecular weight is 592 g/mol. The molecule has 1 amide bonds. The summed E-state index contributed by atoms with van der Waals surface area (Å²) >= 11 is 8.65. The topological polar surface area (TPSA) is 49.3 Å². The van der Waals surface area contributed by atoms with Gasteiger partial charge in [-0.1, -0.05) is 122 Å². The summed E-state index contributed by atoms with van der Waals surface area (Å²) in [4.78, 5) is 14.5. The molecule has 2 N–H and O–H groups in total. The van der Waals surface area contributed by atoms with Crippen LogP contribution in [0.2, 0.25) is 5.02 Å². The molecule has 0 atom stereocenters. The van der Waals surface area contributed by atoms with Crippen LogP contribution in [0.3, 0.4) is 0 Å². The molecular formula is C37H34ClNO2S. The van der Waals surface area contributed by atoms with Crippen LogP contribution in [0.1, 0.15) is 57.9 Å². The molecule has 42 heavy (non-hydrogen) atoms. The highest BCUT2D eigenvalue weighted by Crippen LogP contribution is 2.46. The van der Waals surface area contributed by atoms with Crippen LogP contribution >= 0.6 is 23.4 Å². The smallest absolute Gasteiger partial charge is 0.259 e. The van der Waals surface area contributed by atoms with Crippen molar-refractivity contribution >= 4 is 35.0 Å². The third-order valence-corrected chi connectivity index (χ3v) is 9.21. The van der Waals surface area contributed by atoms with Crippen molar-refractivity contribution in [3.05, 3.63) is 160 Å². The van der Waals surface area contributed by atoms with Gasteiger partial charge in [-0.25, -0.2) is 0 Å². The lowest BCUT2D eigenvalue weighted by atomic mass is 9.65. The zero-order valence-electron chi connectivity index (χ0n) is 23.8. The Morgan fingerprint density at radius 3 is 1.83 bits per heavy atom. The summed E-state index contributed by atoms with van der Waals surface area (Å²) in [5.74, 6) is 0.523. The van der Waals surface area contributed by atoms with E-state index in [0.717, 1.165) is 51.3 Å². The third kappa shape index (κ3) is 5.83. The Hall–Kier alpha value is -3.99. The number of phenolic OH excluding ortho intramolecular Hbond substituents is 1. The highest BCUT2D eigenvalue weighted by molar-refractivity contribution is 7.99. The van der Waals surface area contributed by atoms with E-state index in [2.05, 4.69) is 85.0 Å². The fraction of sp³-hybridized carbons (Fsp3) is 0.162.